The van der Waals surface area contributed by atoms with Crippen LogP contribution in [0, 0.1) is 0 Å². The van der Waals surface area contributed by atoms with Crippen molar-refractivity contribution in [3.63, 3.8) is 0 Å². The van der Waals surface area contributed by atoms with E-state index >= 15 is 0 Å². The number of aryl methyl sites for hydroxylation is 1. The Morgan fingerprint density at radius 3 is 2.71 bits per heavy atom. The highest BCUT2D eigenvalue weighted by Crippen LogP contribution is 2.39. The number of thiophene rings is 1. The molecular weight excluding hydrogens is 504 g/mol. The molecule has 7 nitrogen and oxygen atoms in total. The van der Waals surface area contributed by atoms with Crippen molar-refractivity contribution in [1.82, 2.24) is 14.8 Å². The molecule has 10 heteroatoms. The van der Waals surface area contributed by atoms with Gasteiger partial charge >= 0.3 is 5.97 Å². The summed E-state index contributed by atoms with van der Waals surface area (Å²) in [6.07, 6.45) is 5.40. The summed E-state index contributed by atoms with van der Waals surface area (Å²) < 4.78 is 7.39. The molecule has 0 saturated heterocycles. The molecule has 1 aromatic carbocycles. The third kappa shape index (κ3) is 5.97. The molecule has 0 saturated carbocycles. The lowest BCUT2D eigenvalue weighted by Gasteiger charge is -2.14. The van der Waals surface area contributed by atoms with Gasteiger partial charge < -0.3 is 10.1 Å². The highest BCUT2D eigenvalue weighted by Gasteiger charge is 2.28. The molecule has 184 valence electrons. The van der Waals surface area contributed by atoms with Crippen LogP contribution in [0.5, 0.6) is 0 Å². The van der Waals surface area contributed by atoms with Gasteiger partial charge in [-0.15, -0.1) is 28.1 Å². The minimum Gasteiger partial charge on any atom is -0.459 e. The van der Waals surface area contributed by atoms with E-state index in [1.165, 1.54) is 23.1 Å². The number of nitrogens with one attached hydrogen (secondary N) is 1. The van der Waals surface area contributed by atoms with E-state index in [9.17, 15) is 9.59 Å². The van der Waals surface area contributed by atoms with Gasteiger partial charge in [0.1, 0.15) is 5.00 Å². The highest BCUT2D eigenvalue weighted by atomic mass is 35.5. The first-order valence-corrected chi connectivity index (χ1v) is 13.6. The minimum atomic E-state index is -0.374. The number of rotatable bonds is 9. The van der Waals surface area contributed by atoms with Gasteiger partial charge in [-0.05, 0) is 69.4 Å². The van der Waals surface area contributed by atoms with Crippen LogP contribution in [0.1, 0.15) is 47.5 Å². The van der Waals surface area contributed by atoms with Crippen LogP contribution in [0.25, 0.3) is 11.4 Å². The van der Waals surface area contributed by atoms with Crippen LogP contribution in [-0.4, -0.2) is 38.5 Å². The molecule has 0 aliphatic heterocycles. The average molecular weight is 531 g/mol. The van der Waals surface area contributed by atoms with E-state index in [1.54, 1.807) is 18.2 Å². The molecule has 1 aliphatic carbocycles. The maximum absolute atomic E-state index is 12.9. The standard InChI is InChI=1S/C25H27ClN4O3S2/c1-4-13-30-22(16-9-11-17(26)12-10-16)28-29-25(30)34-14-20(31)27-23-21(24(32)33-15(2)3)18-7-5-6-8-19(18)35-23/h4,9-12,15H,1,5-8,13-14H2,2-3H3,(H,27,31). The quantitative estimate of drug-likeness (QED) is 0.207. The second-order valence-corrected chi connectivity index (χ2v) is 10.9. The molecule has 0 atom stereocenters. The van der Waals surface area contributed by atoms with Crippen LogP contribution < -0.4 is 5.32 Å². The minimum absolute atomic E-state index is 0.122. The van der Waals surface area contributed by atoms with Gasteiger partial charge in [0.2, 0.25) is 5.91 Å². The van der Waals surface area contributed by atoms with E-state index in [2.05, 4.69) is 22.1 Å². The Kier molecular flexibility index (Phi) is 8.30. The number of hydrogen-bond acceptors (Lipinski definition) is 7. The summed E-state index contributed by atoms with van der Waals surface area (Å²) in [7, 11) is 0. The lowest BCUT2D eigenvalue weighted by molar-refractivity contribution is -0.113. The smallest absolute Gasteiger partial charge is 0.341 e. The molecule has 0 spiro atoms. The SMILES string of the molecule is C=CCn1c(SCC(=O)Nc2sc3c(c2C(=O)OC(C)C)CCCC3)nnc1-c1ccc(Cl)cc1. The van der Waals surface area contributed by atoms with E-state index in [0.29, 0.717) is 33.1 Å². The number of fused-ring (bicyclic) bond motifs is 1. The van der Waals surface area contributed by atoms with Crippen molar-refractivity contribution in [3.8, 4) is 11.4 Å². The van der Waals surface area contributed by atoms with Crippen LogP contribution in [0.4, 0.5) is 5.00 Å². The number of allylic oxidation sites excluding steroid dienone is 1. The third-order valence-corrected chi connectivity index (χ3v) is 7.86. The predicted molar refractivity (Wildman–Crippen MR) is 142 cm³/mol. The summed E-state index contributed by atoms with van der Waals surface area (Å²) in [5.74, 6) is 0.208. The topological polar surface area (TPSA) is 86.1 Å². The monoisotopic (exact) mass is 530 g/mol. The van der Waals surface area contributed by atoms with Crippen molar-refractivity contribution in [3.05, 3.63) is 57.9 Å². The molecule has 35 heavy (non-hydrogen) atoms. The van der Waals surface area contributed by atoms with Crippen LogP contribution in [0.3, 0.4) is 0 Å². The normalized spacial score (nSPS) is 12.9. The first-order chi connectivity index (χ1) is 16.9. The Labute approximate surface area is 217 Å². The lowest BCUT2D eigenvalue weighted by atomic mass is 9.95. The van der Waals surface area contributed by atoms with Crippen molar-refractivity contribution in [2.24, 2.45) is 0 Å². The van der Waals surface area contributed by atoms with E-state index in [0.717, 1.165) is 41.7 Å². The number of carbonyl (C=O) groups is 2. The van der Waals surface area contributed by atoms with Gasteiger partial charge in [0, 0.05) is 22.0 Å². The number of hydrogen-bond donors (Lipinski definition) is 1. The summed E-state index contributed by atoms with van der Waals surface area (Å²) in [5, 5.41) is 13.4. The Bertz CT molecular complexity index is 1230. The van der Waals surface area contributed by atoms with Gasteiger partial charge in [0.25, 0.3) is 0 Å². The van der Waals surface area contributed by atoms with Gasteiger partial charge in [0.05, 0.1) is 17.4 Å². The van der Waals surface area contributed by atoms with Gasteiger partial charge in [-0.2, -0.15) is 0 Å². The third-order valence-electron chi connectivity index (χ3n) is 5.43. The molecule has 1 amide bonds. The van der Waals surface area contributed by atoms with Gasteiger partial charge in [-0.1, -0.05) is 29.4 Å². The number of nitrogens with zero attached hydrogens (tertiary/aromatic N) is 3. The van der Waals surface area contributed by atoms with E-state index < -0.39 is 0 Å². The number of halogens is 1. The van der Waals surface area contributed by atoms with Crippen molar-refractivity contribution in [2.45, 2.75) is 57.3 Å². The summed E-state index contributed by atoms with van der Waals surface area (Å²) in [4.78, 5) is 26.9. The number of esters is 1. The zero-order valence-corrected chi connectivity index (χ0v) is 22.1. The van der Waals surface area contributed by atoms with Gasteiger partial charge in [-0.3, -0.25) is 9.36 Å². The van der Waals surface area contributed by atoms with Crippen LogP contribution >= 0.6 is 34.7 Å². The molecule has 2 aromatic heterocycles. The fourth-order valence-corrected chi connectivity index (χ4v) is 6.10. The summed E-state index contributed by atoms with van der Waals surface area (Å²) in [6.45, 7) is 7.97. The molecule has 0 radical (unpaired) electrons. The molecule has 0 bridgehead atoms. The van der Waals surface area contributed by atoms with Gasteiger partial charge in [-0.25, -0.2) is 4.79 Å². The maximum Gasteiger partial charge on any atom is 0.341 e. The molecule has 1 N–H and O–H groups in total. The number of aromatic nitrogens is 3. The first kappa shape index (κ1) is 25.5. The lowest BCUT2D eigenvalue weighted by Crippen LogP contribution is -2.19. The number of thioether (sulfide) groups is 1. The van der Waals surface area contributed by atoms with Gasteiger partial charge in [0.15, 0.2) is 11.0 Å². The van der Waals surface area contributed by atoms with E-state index in [1.807, 2.05) is 30.5 Å². The molecule has 0 unspecified atom stereocenters. The number of benzene rings is 1. The molecular formula is C25H27ClN4O3S2. The maximum atomic E-state index is 12.9. The fourth-order valence-electron chi connectivity index (χ4n) is 3.94. The zero-order chi connectivity index (χ0) is 24.9. The number of anilines is 1. The summed E-state index contributed by atoms with van der Waals surface area (Å²) in [5.41, 5.74) is 2.40. The molecule has 1 aliphatic rings. The number of amides is 1. The van der Waals surface area contributed by atoms with Crippen molar-refractivity contribution in [2.75, 3.05) is 11.1 Å². The van der Waals surface area contributed by atoms with Crippen LogP contribution in [-0.2, 0) is 28.9 Å². The zero-order valence-electron chi connectivity index (χ0n) is 19.7. The Morgan fingerprint density at radius 2 is 2.00 bits per heavy atom. The summed E-state index contributed by atoms with van der Waals surface area (Å²) >= 11 is 8.78. The fraction of sp³-hybridized carbons (Fsp3) is 0.360. The second-order valence-electron chi connectivity index (χ2n) is 8.42. The van der Waals surface area contributed by atoms with Crippen molar-refractivity contribution < 1.29 is 14.3 Å². The van der Waals surface area contributed by atoms with Crippen molar-refractivity contribution >= 4 is 51.6 Å². The largest absolute Gasteiger partial charge is 0.459 e. The van der Waals surface area contributed by atoms with Crippen LogP contribution in [0.2, 0.25) is 5.02 Å². The molecule has 4 rings (SSSR count). The molecule has 2 heterocycles. The Balaban J connectivity index is 1.50. The Morgan fingerprint density at radius 1 is 1.26 bits per heavy atom. The van der Waals surface area contributed by atoms with E-state index in [-0.39, 0.29) is 23.7 Å². The van der Waals surface area contributed by atoms with Crippen LogP contribution in [0.15, 0.2) is 42.1 Å². The number of carbonyl (C=O) groups excluding carboxylic acids is 2. The number of ether oxygens (including phenoxy) is 1. The molecule has 0 fully saturated rings. The highest BCUT2D eigenvalue weighted by molar-refractivity contribution is 7.99. The average Bonchev–Trinajstić information content (AvgIpc) is 3.39. The molecule has 3 aromatic rings. The predicted octanol–water partition coefficient (Wildman–Crippen LogP) is 6.02. The van der Waals surface area contributed by atoms with E-state index in [4.69, 9.17) is 16.3 Å². The summed E-state index contributed by atoms with van der Waals surface area (Å²) in [6, 6.07) is 7.35. The van der Waals surface area contributed by atoms with Crippen molar-refractivity contribution in [1.29, 1.82) is 0 Å². The second kappa shape index (κ2) is 11.4. The first-order valence-electron chi connectivity index (χ1n) is 11.5. The Hall–Kier alpha value is -2.62.